The molecule has 0 aliphatic rings. The van der Waals surface area contributed by atoms with Crippen LogP contribution >= 0.6 is 11.6 Å². The van der Waals surface area contributed by atoms with Crippen molar-refractivity contribution >= 4 is 23.1 Å². The third kappa shape index (κ3) is 3.39. The van der Waals surface area contributed by atoms with Gasteiger partial charge in [0.05, 0.1) is 6.61 Å². The Morgan fingerprint density at radius 2 is 2.05 bits per heavy atom. The number of benzene rings is 1. The van der Waals surface area contributed by atoms with Crippen LogP contribution in [0.25, 0.3) is 0 Å². The first kappa shape index (κ1) is 14.6. The maximum Gasteiger partial charge on any atom is 0.138 e. The second-order valence-electron chi connectivity index (χ2n) is 4.34. The highest BCUT2D eigenvalue weighted by molar-refractivity contribution is 6.30. The molecule has 1 N–H and O–H groups in total. The first-order valence-corrected chi connectivity index (χ1v) is 7.04. The fraction of sp³-hybridized carbons (Fsp3) is 0.333. The molecule has 106 valence electrons. The zero-order valence-corrected chi connectivity index (χ0v) is 12.7. The fourth-order valence-electron chi connectivity index (χ4n) is 1.78. The monoisotopic (exact) mass is 291 g/mol. The van der Waals surface area contributed by atoms with E-state index in [1.54, 1.807) is 0 Å². The number of nitrogens with one attached hydrogen (secondary N) is 1. The van der Waals surface area contributed by atoms with Gasteiger partial charge in [0.1, 0.15) is 22.5 Å². The van der Waals surface area contributed by atoms with Crippen LogP contribution < -0.4 is 10.1 Å². The molecule has 1 heterocycles. The SMILES string of the molecule is CCOc1cccc(Nc2nc(CC)nc(Cl)c2C)c1. The third-order valence-corrected chi connectivity index (χ3v) is 3.22. The Kier molecular flexibility index (Phi) is 4.79. The number of ether oxygens (including phenoxy) is 1. The van der Waals surface area contributed by atoms with Crippen molar-refractivity contribution < 1.29 is 4.74 Å². The third-order valence-electron chi connectivity index (χ3n) is 2.86. The molecule has 0 atom stereocenters. The number of aromatic nitrogens is 2. The van der Waals surface area contributed by atoms with Crippen molar-refractivity contribution in [3.05, 3.63) is 40.8 Å². The molecule has 0 amide bonds. The van der Waals surface area contributed by atoms with Crippen LogP contribution in [0, 0.1) is 6.92 Å². The maximum atomic E-state index is 6.13. The van der Waals surface area contributed by atoms with E-state index in [4.69, 9.17) is 16.3 Å². The van der Waals surface area contributed by atoms with E-state index in [2.05, 4.69) is 15.3 Å². The van der Waals surface area contributed by atoms with E-state index in [1.165, 1.54) is 0 Å². The zero-order chi connectivity index (χ0) is 14.5. The molecular weight excluding hydrogens is 274 g/mol. The Bertz CT molecular complexity index is 602. The van der Waals surface area contributed by atoms with Crippen molar-refractivity contribution in [2.75, 3.05) is 11.9 Å². The van der Waals surface area contributed by atoms with Crippen molar-refractivity contribution in [3.63, 3.8) is 0 Å². The number of hydrogen-bond donors (Lipinski definition) is 1. The lowest BCUT2D eigenvalue weighted by Crippen LogP contribution is -2.03. The van der Waals surface area contributed by atoms with Crippen LogP contribution in [-0.4, -0.2) is 16.6 Å². The summed E-state index contributed by atoms with van der Waals surface area (Å²) < 4.78 is 5.48. The number of hydrogen-bond acceptors (Lipinski definition) is 4. The van der Waals surface area contributed by atoms with Crippen molar-refractivity contribution in [1.29, 1.82) is 0 Å². The summed E-state index contributed by atoms with van der Waals surface area (Å²) in [4.78, 5) is 8.71. The highest BCUT2D eigenvalue weighted by atomic mass is 35.5. The van der Waals surface area contributed by atoms with Gasteiger partial charge in [0, 0.05) is 23.7 Å². The van der Waals surface area contributed by atoms with Gasteiger partial charge in [-0.3, -0.25) is 0 Å². The average molecular weight is 292 g/mol. The molecule has 0 saturated heterocycles. The Hall–Kier alpha value is -1.81. The van der Waals surface area contributed by atoms with E-state index in [1.807, 2.05) is 45.0 Å². The molecule has 0 spiro atoms. The highest BCUT2D eigenvalue weighted by Crippen LogP contribution is 2.25. The molecule has 0 bridgehead atoms. The largest absolute Gasteiger partial charge is 0.494 e. The Morgan fingerprint density at radius 3 is 2.75 bits per heavy atom. The van der Waals surface area contributed by atoms with E-state index in [-0.39, 0.29) is 0 Å². The van der Waals surface area contributed by atoms with E-state index in [9.17, 15) is 0 Å². The lowest BCUT2D eigenvalue weighted by atomic mass is 10.2. The number of anilines is 2. The molecule has 2 aromatic rings. The van der Waals surface area contributed by atoms with Crippen molar-refractivity contribution in [3.8, 4) is 5.75 Å². The van der Waals surface area contributed by atoms with Crippen LogP contribution in [0.4, 0.5) is 11.5 Å². The van der Waals surface area contributed by atoms with Crippen molar-refractivity contribution in [1.82, 2.24) is 9.97 Å². The molecule has 1 aromatic heterocycles. The summed E-state index contributed by atoms with van der Waals surface area (Å²) in [6.45, 7) is 6.50. The number of nitrogens with zero attached hydrogens (tertiary/aromatic N) is 2. The van der Waals surface area contributed by atoms with E-state index in [0.717, 1.165) is 35.1 Å². The molecule has 2 rings (SSSR count). The summed E-state index contributed by atoms with van der Waals surface area (Å²) in [5.41, 5.74) is 1.75. The molecule has 4 nitrogen and oxygen atoms in total. The summed E-state index contributed by atoms with van der Waals surface area (Å²) in [7, 11) is 0. The minimum Gasteiger partial charge on any atom is -0.494 e. The van der Waals surface area contributed by atoms with Gasteiger partial charge >= 0.3 is 0 Å². The molecule has 0 unspecified atom stereocenters. The molecule has 20 heavy (non-hydrogen) atoms. The second kappa shape index (κ2) is 6.57. The van der Waals surface area contributed by atoms with E-state index < -0.39 is 0 Å². The topological polar surface area (TPSA) is 47.0 Å². The van der Waals surface area contributed by atoms with Gasteiger partial charge in [-0.25, -0.2) is 9.97 Å². The van der Waals surface area contributed by atoms with Crippen molar-refractivity contribution in [2.24, 2.45) is 0 Å². The fourth-order valence-corrected chi connectivity index (χ4v) is 1.97. The molecule has 0 radical (unpaired) electrons. The first-order valence-electron chi connectivity index (χ1n) is 6.67. The molecule has 0 fully saturated rings. The van der Waals surface area contributed by atoms with Crippen LogP contribution in [0.3, 0.4) is 0 Å². The average Bonchev–Trinajstić information content (AvgIpc) is 2.44. The highest BCUT2D eigenvalue weighted by Gasteiger charge is 2.09. The minimum absolute atomic E-state index is 0.486. The lowest BCUT2D eigenvalue weighted by molar-refractivity contribution is 0.340. The Balaban J connectivity index is 2.29. The number of rotatable bonds is 5. The van der Waals surface area contributed by atoms with Gasteiger partial charge in [-0.1, -0.05) is 24.6 Å². The van der Waals surface area contributed by atoms with Gasteiger partial charge in [0.25, 0.3) is 0 Å². The van der Waals surface area contributed by atoms with Gasteiger partial charge in [0.2, 0.25) is 0 Å². The normalized spacial score (nSPS) is 10.4. The van der Waals surface area contributed by atoms with Gasteiger partial charge in [-0.05, 0) is 26.0 Å². The molecule has 0 aliphatic carbocycles. The van der Waals surface area contributed by atoms with Crippen LogP contribution in [0.2, 0.25) is 5.15 Å². The van der Waals surface area contributed by atoms with E-state index >= 15 is 0 Å². The van der Waals surface area contributed by atoms with Gasteiger partial charge in [-0.2, -0.15) is 0 Å². The number of aryl methyl sites for hydroxylation is 1. The predicted octanol–water partition coefficient (Wildman–Crippen LogP) is 4.14. The summed E-state index contributed by atoms with van der Waals surface area (Å²) in [6, 6.07) is 7.76. The van der Waals surface area contributed by atoms with Gasteiger partial charge in [-0.15, -0.1) is 0 Å². The van der Waals surface area contributed by atoms with Gasteiger partial charge in [0.15, 0.2) is 0 Å². The van der Waals surface area contributed by atoms with Gasteiger partial charge < -0.3 is 10.1 Å². The molecule has 5 heteroatoms. The summed E-state index contributed by atoms with van der Waals surface area (Å²) in [6.07, 6.45) is 0.744. The van der Waals surface area contributed by atoms with Crippen molar-refractivity contribution in [2.45, 2.75) is 27.2 Å². The molecule has 0 aliphatic heterocycles. The lowest BCUT2D eigenvalue weighted by Gasteiger charge is -2.12. The summed E-state index contributed by atoms with van der Waals surface area (Å²) >= 11 is 6.13. The maximum absolute atomic E-state index is 6.13. The smallest absolute Gasteiger partial charge is 0.138 e. The van der Waals surface area contributed by atoms with Crippen LogP contribution in [0.15, 0.2) is 24.3 Å². The van der Waals surface area contributed by atoms with Crippen LogP contribution in [0.1, 0.15) is 25.2 Å². The van der Waals surface area contributed by atoms with Crippen LogP contribution in [0.5, 0.6) is 5.75 Å². The first-order chi connectivity index (χ1) is 9.63. The number of halogens is 1. The predicted molar refractivity (Wildman–Crippen MR) is 82.1 cm³/mol. The standard InChI is InChI=1S/C15H18ClN3O/c1-4-13-18-14(16)10(3)15(19-13)17-11-7-6-8-12(9-11)20-5-2/h6-9H,4-5H2,1-3H3,(H,17,18,19). The minimum atomic E-state index is 0.486. The zero-order valence-electron chi connectivity index (χ0n) is 11.9. The van der Waals surface area contributed by atoms with Crippen LogP contribution in [-0.2, 0) is 6.42 Å². The molecule has 0 saturated carbocycles. The quantitative estimate of drug-likeness (QED) is 0.841. The summed E-state index contributed by atoms with van der Waals surface area (Å²) in [5.74, 6) is 2.28. The second-order valence-corrected chi connectivity index (χ2v) is 4.70. The summed E-state index contributed by atoms with van der Waals surface area (Å²) in [5, 5.41) is 3.76. The molecule has 1 aromatic carbocycles. The Morgan fingerprint density at radius 1 is 1.25 bits per heavy atom. The molecular formula is C15H18ClN3O. The van der Waals surface area contributed by atoms with E-state index in [0.29, 0.717) is 11.8 Å². The Labute approximate surface area is 124 Å².